The lowest BCUT2D eigenvalue weighted by Gasteiger charge is -2.24. The van der Waals surface area contributed by atoms with E-state index in [1.54, 1.807) is 24.3 Å². The predicted molar refractivity (Wildman–Crippen MR) is 120 cm³/mol. The first-order valence-electron chi connectivity index (χ1n) is 11.7. The van der Waals surface area contributed by atoms with E-state index in [4.69, 9.17) is 0 Å². The summed E-state index contributed by atoms with van der Waals surface area (Å²) in [6.45, 7) is 2.18. The molecule has 1 aromatic rings. The Labute approximate surface area is 181 Å². The largest absolute Gasteiger partial charge is 0.479 e. The highest BCUT2D eigenvalue weighted by Crippen LogP contribution is 2.36. The molecule has 1 unspecified atom stereocenters. The van der Waals surface area contributed by atoms with Gasteiger partial charge < -0.3 is 10.2 Å². The number of carbonyl (C=O) groups is 2. The lowest BCUT2D eigenvalue weighted by Crippen LogP contribution is -2.35. The molecule has 0 bridgehead atoms. The van der Waals surface area contributed by atoms with Crippen molar-refractivity contribution in [3.8, 4) is 0 Å². The van der Waals surface area contributed by atoms with Gasteiger partial charge in [0.1, 0.15) is 5.78 Å². The molecule has 2 rings (SSSR count). The van der Waals surface area contributed by atoms with Crippen LogP contribution in [-0.4, -0.2) is 22.0 Å². The minimum atomic E-state index is -1.84. The van der Waals surface area contributed by atoms with E-state index in [1.807, 2.05) is 6.07 Å². The van der Waals surface area contributed by atoms with Crippen LogP contribution in [-0.2, 0) is 15.2 Å². The van der Waals surface area contributed by atoms with Crippen molar-refractivity contribution in [1.82, 2.24) is 0 Å². The van der Waals surface area contributed by atoms with Crippen molar-refractivity contribution in [2.45, 2.75) is 89.6 Å². The second-order valence-corrected chi connectivity index (χ2v) is 8.69. The van der Waals surface area contributed by atoms with Gasteiger partial charge in [-0.2, -0.15) is 0 Å². The highest BCUT2D eigenvalue weighted by molar-refractivity contribution is 5.83. The summed E-state index contributed by atoms with van der Waals surface area (Å²) in [5.41, 5.74) is -1.41. The van der Waals surface area contributed by atoms with E-state index in [9.17, 15) is 19.8 Å². The Morgan fingerprint density at radius 3 is 2.50 bits per heavy atom. The molecule has 1 fully saturated rings. The van der Waals surface area contributed by atoms with Gasteiger partial charge in [0.15, 0.2) is 5.60 Å². The summed E-state index contributed by atoms with van der Waals surface area (Å²) in [5.74, 6) is -0.102. The molecule has 0 amide bonds. The fourth-order valence-electron chi connectivity index (χ4n) is 4.63. The maximum Gasteiger partial charge on any atom is 0.340 e. The van der Waals surface area contributed by atoms with Crippen LogP contribution in [0.4, 0.5) is 0 Å². The molecule has 30 heavy (non-hydrogen) atoms. The zero-order valence-corrected chi connectivity index (χ0v) is 18.4. The first-order valence-corrected chi connectivity index (χ1v) is 11.7. The van der Waals surface area contributed by atoms with Gasteiger partial charge in [0, 0.05) is 12.3 Å². The van der Waals surface area contributed by atoms with Crippen LogP contribution in [0.5, 0.6) is 0 Å². The molecule has 0 aliphatic heterocycles. The van der Waals surface area contributed by atoms with Crippen molar-refractivity contribution in [3.63, 3.8) is 0 Å². The van der Waals surface area contributed by atoms with E-state index in [2.05, 4.69) is 19.1 Å². The second kappa shape index (κ2) is 12.7. The maximum absolute atomic E-state index is 12.3. The monoisotopic (exact) mass is 414 g/mol. The van der Waals surface area contributed by atoms with Gasteiger partial charge in [0.25, 0.3) is 0 Å². The van der Waals surface area contributed by atoms with E-state index in [-0.39, 0.29) is 12.3 Å². The number of carboxylic acids is 1. The van der Waals surface area contributed by atoms with E-state index in [0.29, 0.717) is 30.1 Å². The van der Waals surface area contributed by atoms with Crippen molar-refractivity contribution >= 4 is 11.8 Å². The molecule has 2 N–H and O–H groups in total. The van der Waals surface area contributed by atoms with Crippen LogP contribution in [0.2, 0.25) is 0 Å². The van der Waals surface area contributed by atoms with Crippen LogP contribution < -0.4 is 0 Å². The van der Waals surface area contributed by atoms with Gasteiger partial charge >= 0.3 is 5.97 Å². The fraction of sp³-hybridized carbons (Fsp3) is 0.615. The van der Waals surface area contributed by atoms with Gasteiger partial charge in [-0.3, -0.25) is 4.79 Å². The Bertz CT molecular complexity index is 682. The number of carboxylic acid groups (broad SMARTS) is 1. The Balaban J connectivity index is 1.73. The molecule has 4 nitrogen and oxygen atoms in total. The number of aliphatic carboxylic acids is 1. The molecule has 1 aliphatic carbocycles. The minimum Gasteiger partial charge on any atom is -0.479 e. The minimum absolute atomic E-state index is 0.178. The molecule has 0 radical (unpaired) electrons. The Hall–Kier alpha value is -1.94. The van der Waals surface area contributed by atoms with E-state index >= 15 is 0 Å². The van der Waals surface area contributed by atoms with Crippen LogP contribution >= 0.6 is 0 Å². The van der Waals surface area contributed by atoms with Crippen LogP contribution in [0.1, 0.15) is 89.5 Å². The molecule has 1 saturated carbocycles. The highest BCUT2D eigenvalue weighted by Gasteiger charge is 2.37. The molecular weight excluding hydrogens is 376 g/mol. The standard InChI is InChI=1S/C26H38O4/c1-2-3-4-5-6-9-14-21-18-19-24(27)23(21)17-12-8-13-20-26(30,25(28)29)22-15-10-7-11-16-22/h4-5,7,10-11,15-16,21,23,30H,2-3,6,8-9,12-14,17-20H2,1H3,(H,28,29)/t21-,23+,26?/m0/s1. The molecule has 4 heteroatoms. The molecule has 0 aromatic heterocycles. The first-order chi connectivity index (χ1) is 14.5. The summed E-state index contributed by atoms with van der Waals surface area (Å²) < 4.78 is 0. The van der Waals surface area contributed by atoms with E-state index < -0.39 is 11.6 Å². The first kappa shape index (κ1) is 24.3. The molecule has 0 heterocycles. The van der Waals surface area contributed by atoms with E-state index in [0.717, 1.165) is 51.4 Å². The maximum atomic E-state index is 12.3. The third kappa shape index (κ3) is 7.09. The Kier molecular flexibility index (Phi) is 10.3. The van der Waals surface area contributed by atoms with Crippen molar-refractivity contribution in [1.29, 1.82) is 0 Å². The summed E-state index contributed by atoms with van der Waals surface area (Å²) in [4.78, 5) is 24.0. The topological polar surface area (TPSA) is 74.6 Å². The molecule has 3 atom stereocenters. The summed E-state index contributed by atoms with van der Waals surface area (Å²) in [6.07, 6.45) is 15.4. The number of Topliss-reactive ketones (excluding diaryl/α,β-unsaturated/α-hetero) is 1. The Morgan fingerprint density at radius 1 is 1.07 bits per heavy atom. The number of benzene rings is 1. The molecule has 0 saturated heterocycles. The molecular formula is C26H38O4. The van der Waals surface area contributed by atoms with E-state index in [1.165, 1.54) is 6.42 Å². The zero-order valence-electron chi connectivity index (χ0n) is 18.4. The summed E-state index contributed by atoms with van der Waals surface area (Å²) in [5, 5.41) is 20.2. The van der Waals surface area contributed by atoms with Crippen molar-refractivity contribution < 1.29 is 19.8 Å². The van der Waals surface area contributed by atoms with Gasteiger partial charge in [0.2, 0.25) is 0 Å². The number of ketones is 1. The highest BCUT2D eigenvalue weighted by atomic mass is 16.4. The van der Waals surface area contributed by atoms with Crippen molar-refractivity contribution in [3.05, 3.63) is 48.0 Å². The molecule has 1 aromatic carbocycles. The van der Waals surface area contributed by atoms with Crippen molar-refractivity contribution in [2.24, 2.45) is 11.8 Å². The van der Waals surface area contributed by atoms with Crippen LogP contribution in [0.15, 0.2) is 42.5 Å². The van der Waals surface area contributed by atoms with Crippen LogP contribution in [0, 0.1) is 11.8 Å². The third-order valence-electron chi connectivity index (χ3n) is 6.47. The van der Waals surface area contributed by atoms with Gasteiger partial charge in [-0.1, -0.05) is 68.7 Å². The summed E-state index contributed by atoms with van der Waals surface area (Å²) in [6, 6.07) is 8.62. The number of aliphatic hydroxyl groups is 1. The summed E-state index contributed by atoms with van der Waals surface area (Å²) >= 11 is 0. The van der Waals surface area contributed by atoms with Gasteiger partial charge in [-0.25, -0.2) is 4.79 Å². The van der Waals surface area contributed by atoms with Gasteiger partial charge in [-0.15, -0.1) is 0 Å². The lowest BCUT2D eigenvalue weighted by molar-refractivity contribution is -0.160. The fourth-order valence-corrected chi connectivity index (χ4v) is 4.63. The third-order valence-corrected chi connectivity index (χ3v) is 6.47. The number of carbonyl (C=O) groups excluding carboxylic acids is 1. The number of hydrogen-bond acceptors (Lipinski definition) is 3. The number of rotatable bonds is 14. The average Bonchev–Trinajstić information content (AvgIpc) is 3.10. The average molecular weight is 415 g/mol. The van der Waals surface area contributed by atoms with Crippen LogP contribution in [0.25, 0.3) is 0 Å². The van der Waals surface area contributed by atoms with Crippen LogP contribution in [0.3, 0.4) is 0 Å². The normalized spacial score (nSPS) is 21.2. The second-order valence-electron chi connectivity index (χ2n) is 8.69. The van der Waals surface area contributed by atoms with Gasteiger partial charge in [0.05, 0.1) is 0 Å². The molecule has 0 spiro atoms. The molecule has 1 aliphatic rings. The predicted octanol–water partition coefficient (Wildman–Crippen LogP) is 6.03. The molecule has 166 valence electrons. The lowest BCUT2D eigenvalue weighted by atomic mass is 9.85. The summed E-state index contributed by atoms with van der Waals surface area (Å²) in [7, 11) is 0. The SMILES string of the molecule is CCCC=CCCC[C@H]1CCC(=O)[C@@H]1CCCCCC(O)(C(=O)O)c1ccccc1. The van der Waals surface area contributed by atoms with Gasteiger partial charge in [-0.05, 0) is 62.8 Å². The Morgan fingerprint density at radius 2 is 1.80 bits per heavy atom. The van der Waals surface area contributed by atoms with Crippen molar-refractivity contribution in [2.75, 3.05) is 0 Å². The number of hydrogen-bond donors (Lipinski definition) is 2. The zero-order chi connectivity index (χ0) is 21.8. The number of allylic oxidation sites excluding steroid dienone is 2. The quantitative estimate of drug-likeness (QED) is 0.288. The number of unbranched alkanes of at least 4 members (excludes halogenated alkanes) is 4. The smallest absolute Gasteiger partial charge is 0.340 e.